The third-order valence-corrected chi connectivity index (χ3v) is 17.9. The first-order valence-electron chi connectivity index (χ1n) is 35.1. The number of unbranched alkanes of at least 4 members (excludes halogenated alkanes) is 3. The van der Waals surface area contributed by atoms with Crippen LogP contribution in [0.5, 0.6) is 0 Å². The highest BCUT2D eigenvalue weighted by molar-refractivity contribution is 6.31. The molecule has 11 atom stereocenters. The number of rotatable bonds is 35. The van der Waals surface area contributed by atoms with Crippen molar-refractivity contribution in [2.24, 2.45) is 23.7 Å². The van der Waals surface area contributed by atoms with Crippen molar-refractivity contribution in [2.45, 2.75) is 259 Å². The minimum absolute atomic E-state index is 0.0519. The molecule has 3 aromatic carbocycles. The van der Waals surface area contributed by atoms with Crippen molar-refractivity contribution in [3.63, 3.8) is 0 Å². The molecule has 0 aliphatic carbocycles. The Morgan fingerprint density at radius 3 is 1.72 bits per heavy atom. The van der Waals surface area contributed by atoms with Crippen LogP contribution in [0.15, 0.2) is 78.9 Å². The molecule has 0 bridgehead atoms. The number of ketones is 2. The van der Waals surface area contributed by atoms with E-state index in [2.05, 4.69) is 26.6 Å². The molecule has 7 N–H and O–H groups in total. The molecule has 2 fully saturated rings. The second kappa shape index (κ2) is 37.7. The number of carbonyl (C=O) groups excluding carboxylic acids is 10. The van der Waals surface area contributed by atoms with E-state index in [4.69, 9.17) is 25.8 Å². The molecule has 2 aliphatic heterocycles. The molecule has 0 spiro atoms. The van der Waals surface area contributed by atoms with Crippen LogP contribution in [0.3, 0.4) is 0 Å². The number of amides is 7. The van der Waals surface area contributed by atoms with E-state index < -0.39 is 149 Å². The summed E-state index contributed by atoms with van der Waals surface area (Å²) in [6.07, 6.45) is -0.535. The summed E-state index contributed by atoms with van der Waals surface area (Å²) in [5.41, 5.74) is -0.460. The van der Waals surface area contributed by atoms with Crippen LogP contribution in [0.4, 0.5) is 9.59 Å². The average molecular weight is 1390 g/mol. The number of ether oxygens (including phenoxy) is 3. The van der Waals surface area contributed by atoms with Crippen LogP contribution in [0.1, 0.15) is 209 Å². The minimum atomic E-state index is -1.56. The molecule has 2 aliphatic rings. The first kappa shape index (κ1) is 81.2. The van der Waals surface area contributed by atoms with Gasteiger partial charge in [-0.2, -0.15) is 0 Å². The van der Waals surface area contributed by atoms with Gasteiger partial charge in [0.1, 0.15) is 41.4 Å². The summed E-state index contributed by atoms with van der Waals surface area (Å²) in [7, 11) is 0. The maximum Gasteiger partial charge on any atom is 0.408 e. The standard InChI is InChI=1S/C75H110ClN7O15/c1-15-16-18-32-58(70(93)96-75(52-27-19-17-20-28-52,53-37-35-48(6)36-38-53)55-29-21-22-30-56(55)76)78-67(90)61-34-26-41-83(61)68(91)54(49(7)84)45-62(86)60-33-25-40-82(60)69(92)59(43-47(4)5)79-65(88)51(42-46(2)3)44-63(87)64(50(8)85)81-66(89)57(80-72(95)98-74(12,13)14)31-23-24-39-77-71(94)97-73(9,10)11/h17,19-22,27-30,35-38,46-47,49-51,54,57-61,64,84-85H,15-16,18,23-26,31-34,39-45H2,1-14H3,(H,77,94)(H,78,90)(H,79,88)(H,80,95)(H,81,89)/t49?,50-,51+,54-,57-,58+,59+,60+,61-,64?,75?/m0/s1. The van der Waals surface area contributed by atoms with Crippen molar-refractivity contribution in [1.82, 2.24) is 36.4 Å². The summed E-state index contributed by atoms with van der Waals surface area (Å²) in [6, 6.07) is 16.8. The van der Waals surface area contributed by atoms with E-state index in [0.29, 0.717) is 53.8 Å². The molecule has 23 heteroatoms. The molecular weight excluding hydrogens is 1270 g/mol. The van der Waals surface area contributed by atoms with Crippen molar-refractivity contribution in [2.75, 3.05) is 19.6 Å². The van der Waals surface area contributed by atoms with Gasteiger partial charge in [0, 0.05) is 60.1 Å². The normalized spacial score (nSPS) is 18.0. The highest BCUT2D eigenvalue weighted by Crippen LogP contribution is 2.44. The maximum absolute atomic E-state index is 15.1. The first-order chi connectivity index (χ1) is 46.1. The summed E-state index contributed by atoms with van der Waals surface area (Å²) in [6.45, 7) is 24.8. The monoisotopic (exact) mass is 1380 g/mol. The molecule has 0 aromatic heterocycles. The van der Waals surface area contributed by atoms with Crippen LogP contribution in [0, 0.1) is 30.6 Å². The number of aryl methyl sites for hydroxylation is 1. The lowest BCUT2D eigenvalue weighted by Crippen LogP contribution is -2.56. The van der Waals surface area contributed by atoms with Crippen molar-refractivity contribution < 1.29 is 72.4 Å². The molecule has 5 rings (SSSR count). The number of likely N-dealkylation sites (tertiary alicyclic amines) is 2. The lowest BCUT2D eigenvalue weighted by atomic mass is 9.79. The Balaban J connectivity index is 1.31. The van der Waals surface area contributed by atoms with Crippen LogP contribution in [-0.4, -0.2) is 159 Å². The van der Waals surface area contributed by atoms with Gasteiger partial charge in [0.15, 0.2) is 17.2 Å². The van der Waals surface area contributed by atoms with Crippen molar-refractivity contribution in [3.8, 4) is 0 Å². The predicted octanol–water partition coefficient (Wildman–Crippen LogP) is 10.1. The molecule has 542 valence electrons. The molecular formula is C75H110ClN7O15. The van der Waals surface area contributed by atoms with Crippen molar-refractivity contribution in [3.05, 3.63) is 106 Å². The topological polar surface area (TPSA) is 305 Å². The fourth-order valence-corrected chi connectivity index (χ4v) is 13.0. The van der Waals surface area contributed by atoms with Crippen LogP contribution in [0.25, 0.3) is 0 Å². The number of aliphatic hydroxyl groups excluding tert-OH is 2. The van der Waals surface area contributed by atoms with Crippen molar-refractivity contribution in [1.29, 1.82) is 0 Å². The average Bonchev–Trinajstić information content (AvgIpc) is 0.870. The van der Waals surface area contributed by atoms with Crippen LogP contribution >= 0.6 is 11.6 Å². The van der Waals surface area contributed by atoms with Crippen LogP contribution in [-0.2, 0) is 58.2 Å². The Kier molecular flexibility index (Phi) is 31.2. The third-order valence-electron chi connectivity index (χ3n) is 17.5. The number of benzene rings is 3. The highest BCUT2D eigenvalue weighted by atomic mass is 35.5. The fourth-order valence-electron chi connectivity index (χ4n) is 12.7. The van der Waals surface area contributed by atoms with Gasteiger partial charge in [-0.1, -0.05) is 144 Å². The van der Waals surface area contributed by atoms with Gasteiger partial charge in [-0.25, -0.2) is 14.4 Å². The van der Waals surface area contributed by atoms with Gasteiger partial charge >= 0.3 is 18.2 Å². The molecule has 7 amide bonds. The van der Waals surface area contributed by atoms with Gasteiger partial charge in [-0.3, -0.25) is 33.6 Å². The zero-order chi connectivity index (χ0) is 72.8. The van der Waals surface area contributed by atoms with E-state index in [1.165, 1.54) is 23.6 Å². The Hall–Kier alpha value is -7.43. The SMILES string of the molecule is CCCCC[C@@H](NC(=O)[C@@H]1CCCN1C(=O)[C@@H](CC(=O)[C@H]1CCCN1C(=O)[C@@H](CC(C)C)NC(=O)[C@@H](CC(=O)C(NC(=O)[C@H](CCCCNC(=O)OC(C)(C)C)NC(=O)OC(C)(C)C)[C@H](C)O)CC(C)C)C(C)O)C(=O)OC(c1ccccc1)(c1ccc(C)cc1)c1ccccc1Cl. The predicted molar refractivity (Wildman–Crippen MR) is 374 cm³/mol. The van der Waals surface area contributed by atoms with Crippen LogP contribution < -0.4 is 26.6 Å². The zero-order valence-electron chi connectivity index (χ0n) is 60.1. The Bertz CT molecular complexity index is 3170. The summed E-state index contributed by atoms with van der Waals surface area (Å²) in [4.78, 5) is 145. The van der Waals surface area contributed by atoms with Gasteiger partial charge in [-0.05, 0) is 144 Å². The Morgan fingerprint density at radius 2 is 1.14 bits per heavy atom. The molecule has 0 radical (unpaired) electrons. The third kappa shape index (κ3) is 24.2. The largest absolute Gasteiger partial charge is 0.444 e. The van der Waals surface area contributed by atoms with Gasteiger partial charge in [0.2, 0.25) is 29.5 Å². The van der Waals surface area contributed by atoms with E-state index in [-0.39, 0.29) is 70.0 Å². The van der Waals surface area contributed by atoms with E-state index >= 15 is 4.79 Å². The second-order valence-electron chi connectivity index (χ2n) is 29.3. The van der Waals surface area contributed by atoms with E-state index in [1.54, 1.807) is 59.7 Å². The van der Waals surface area contributed by atoms with Gasteiger partial charge in [-0.15, -0.1) is 0 Å². The fraction of sp³-hybridized carbons (Fsp3) is 0.627. The number of Topliss-reactive ketones (excluding diaryl/α,β-unsaturated/α-hetero) is 2. The van der Waals surface area contributed by atoms with E-state index in [9.17, 15) is 53.4 Å². The van der Waals surface area contributed by atoms with E-state index in [1.807, 2.05) is 102 Å². The molecule has 2 heterocycles. The molecule has 3 unspecified atom stereocenters. The number of esters is 1. The number of alkyl carbamates (subject to hydrolysis) is 2. The van der Waals surface area contributed by atoms with Gasteiger partial charge in [0.05, 0.1) is 24.2 Å². The number of hydrogen-bond acceptors (Lipinski definition) is 15. The minimum Gasteiger partial charge on any atom is -0.444 e. The second-order valence-corrected chi connectivity index (χ2v) is 29.7. The molecule has 0 saturated carbocycles. The molecule has 3 aromatic rings. The number of nitrogens with one attached hydrogen (secondary N) is 5. The smallest absolute Gasteiger partial charge is 0.408 e. The lowest BCUT2D eigenvalue weighted by Gasteiger charge is -2.37. The Morgan fingerprint density at radius 1 is 0.582 bits per heavy atom. The number of halogens is 1. The number of carbonyl (C=O) groups is 10. The summed E-state index contributed by atoms with van der Waals surface area (Å²) in [5.74, 6) is -7.80. The maximum atomic E-state index is 15.1. The molecule has 2 saturated heterocycles. The molecule has 98 heavy (non-hydrogen) atoms. The molecule has 22 nitrogen and oxygen atoms in total. The van der Waals surface area contributed by atoms with Gasteiger partial charge in [0.25, 0.3) is 0 Å². The highest BCUT2D eigenvalue weighted by Gasteiger charge is 2.47. The van der Waals surface area contributed by atoms with Gasteiger partial charge < -0.3 is 60.8 Å². The Labute approximate surface area is 584 Å². The summed E-state index contributed by atoms with van der Waals surface area (Å²) >= 11 is 7.00. The van der Waals surface area contributed by atoms with E-state index in [0.717, 1.165) is 18.4 Å². The van der Waals surface area contributed by atoms with Crippen LogP contribution in [0.2, 0.25) is 5.02 Å². The number of aliphatic hydroxyl groups is 2. The summed E-state index contributed by atoms with van der Waals surface area (Å²) in [5, 5.41) is 36.4. The van der Waals surface area contributed by atoms with Crippen molar-refractivity contribution >= 4 is 70.9 Å². The number of nitrogens with zero attached hydrogens (tertiary/aromatic N) is 2. The number of hydrogen-bond donors (Lipinski definition) is 7. The summed E-state index contributed by atoms with van der Waals surface area (Å²) < 4.78 is 17.5. The first-order valence-corrected chi connectivity index (χ1v) is 35.4. The lowest BCUT2D eigenvalue weighted by molar-refractivity contribution is -0.158. The zero-order valence-corrected chi connectivity index (χ0v) is 60.9. The quantitative estimate of drug-likeness (QED) is 0.0125.